The van der Waals surface area contributed by atoms with Gasteiger partial charge in [-0.3, -0.25) is 4.90 Å². The summed E-state index contributed by atoms with van der Waals surface area (Å²) in [4.78, 5) is 2.13. The molecule has 3 heteroatoms. The van der Waals surface area contributed by atoms with E-state index in [1.165, 1.54) is 0 Å². The summed E-state index contributed by atoms with van der Waals surface area (Å²) < 4.78 is 0. The number of nitrogens with one attached hydrogen (secondary N) is 1. The fourth-order valence-corrected chi connectivity index (χ4v) is 2.04. The van der Waals surface area contributed by atoms with Crippen LogP contribution in [0.1, 0.15) is 18.7 Å². The number of nitrogens with zero attached hydrogens (tertiary/aromatic N) is 1. The molecule has 0 aromatic heterocycles. The van der Waals surface area contributed by atoms with Crippen molar-refractivity contribution in [1.82, 2.24) is 10.2 Å². The summed E-state index contributed by atoms with van der Waals surface area (Å²) in [6.45, 7) is 4.94. The van der Waals surface area contributed by atoms with Gasteiger partial charge in [0.05, 0.1) is 0 Å². The van der Waals surface area contributed by atoms with E-state index in [0.717, 1.165) is 25.2 Å². The van der Waals surface area contributed by atoms with E-state index in [-0.39, 0.29) is 0 Å². The quantitative estimate of drug-likeness (QED) is 0.757. The third kappa shape index (κ3) is 2.37. The molecule has 82 valence electrons. The number of hydrogen-bond donors (Lipinski definition) is 2. The van der Waals surface area contributed by atoms with Gasteiger partial charge in [0, 0.05) is 25.7 Å². The van der Waals surface area contributed by atoms with E-state index < -0.39 is 6.23 Å². The molecule has 0 bridgehead atoms. The molecule has 0 radical (unpaired) electrons. The van der Waals surface area contributed by atoms with Gasteiger partial charge < -0.3 is 10.4 Å². The van der Waals surface area contributed by atoms with Gasteiger partial charge in [-0.2, -0.15) is 0 Å². The molecule has 2 N–H and O–H groups in total. The Balaban J connectivity index is 2.09. The van der Waals surface area contributed by atoms with Crippen molar-refractivity contribution in [3.8, 4) is 0 Å². The molecule has 1 heterocycles. The smallest absolute Gasteiger partial charge is 0.133 e. The Morgan fingerprint density at radius 3 is 2.80 bits per heavy atom. The molecule has 0 aliphatic carbocycles. The number of hydrogen-bond acceptors (Lipinski definition) is 3. The average Bonchev–Trinajstić information content (AvgIpc) is 2.30. The topological polar surface area (TPSA) is 35.5 Å². The largest absolute Gasteiger partial charge is 0.374 e. The van der Waals surface area contributed by atoms with Crippen molar-refractivity contribution in [3.63, 3.8) is 0 Å². The maximum Gasteiger partial charge on any atom is 0.133 e. The van der Waals surface area contributed by atoms with E-state index in [1.54, 1.807) is 0 Å². The van der Waals surface area contributed by atoms with Crippen LogP contribution in [0.3, 0.4) is 0 Å². The SMILES string of the molecule is CC1CNCCN1C(O)c1ccccc1. The van der Waals surface area contributed by atoms with E-state index >= 15 is 0 Å². The predicted octanol–water partition coefficient (Wildman–Crippen LogP) is 0.971. The van der Waals surface area contributed by atoms with Crippen LogP contribution in [0.2, 0.25) is 0 Å². The number of piperazine rings is 1. The molecule has 1 fully saturated rings. The number of aliphatic hydroxyl groups excluding tert-OH is 1. The summed E-state index contributed by atoms with van der Waals surface area (Å²) in [5.74, 6) is 0. The lowest BCUT2D eigenvalue weighted by molar-refractivity contribution is -0.0324. The Labute approximate surface area is 90.7 Å². The highest BCUT2D eigenvalue weighted by Gasteiger charge is 2.24. The molecule has 2 rings (SSSR count). The highest BCUT2D eigenvalue weighted by Crippen LogP contribution is 2.20. The zero-order valence-corrected chi connectivity index (χ0v) is 9.06. The third-order valence-corrected chi connectivity index (χ3v) is 2.96. The molecule has 1 aromatic rings. The molecule has 0 amide bonds. The Morgan fingerprint density at radius 1 is 1.40 bits per heavy atom. The summed E-state index contributed by atoms with van der Waals surface area (Å²) in [7, 11) is 0. The first-order valence-corrected chi connectivity index (χ1v) is 5.48. The Bertz CT molecular complexity index is 302. The third-order valence-electron chi connectivity index (χ3n) is 2.96. The van der Waals surface area contributed by atoms with Crippen LogP contribution in [0.15, 0.2) is 30.3 Å². The summed E-state index contributed by atoms with van der Waals surface area (Å²) in [6, 6.07) is 10.2. The van der Waals surface area contributed by atoms with Crippen LogP contribution in [0, 0.1) is 0 Å². The molecule has 0 spiro atoms. The van der Waals surface area contributed by atoms with Crippen LogP contribution in [-0.4, -0.2) is 35.7 Å². The summed E-state index contributed by atoms with van der Waals surface area (Å²) in [5.41, 5.74) is 0.978. The van der Waals surface area contributed by atoms with Crippen molar-refractivity contribution in [2.24, 2.45) is 0 Å². The monoisotopic (exact) mass is 206 g/mol. The van der Waals surface area contributed by atoms with Crippen molar-refractivity contribution in [2.45, 2.75) is 19.2 Å². The number of rotatable bonds is 2. The molecule has 1 aliphatic rings. The maximum atomic E-state index is 10.2. The van der Waals surface area contributed by atoms with Gasteiger partial charge in [0.1, 0.15) is 6.23 Å². The van der Waals surface area contributed by atoms with Gasteiger partial charge in [-0.1, -0.05) is 30.3 Å². The minimum absolute atomic E-state index is 0.383. The van der Waals surface area contributed by atoms with E-state index in [9.17, 15) is 5.11 Å². The molecule has 3 nitrogen and oxygen atoms in total. The second-order valence-corrected chi connectivity index (χ2v) is 4.08. The zero-order chi connectivity index (χ0) is 10.7. The Morgan fingerprint density at radius 2 is 2.13 bits per heavy atom. The normalized spacial score (nSPS) is 25.1. The second kappa shape index (κ2) is 4.75. The Hall–Kier alpha value is -0.900. The molecular weight excluding hydrogens is 188 g/mol. The highest BCUT2D eigenvalue weighted by atomic mass is 16.3. The van der Waals surface area contributed by atoms with Crippen LogP contribution in [0.25, 0.3) is 0 Å². The standard InChI is InChI=1S/C12H18N2O/c1-10-9-13-7-8-14(10)12(15)11-5-3-2-4-6-11/h2-6,10,12-13,15H,7-9H2,1H3. The number of aliphatic hydroxyl groups is 1. The first-order valence-electron chi connectivity index (χ1n) is 5.48. The molecule has 1 aliphatic heterocycles. The van der Waals surface area contributed by atoms with Crippen LogP contribution in [-0.2, 0) is 0 Å². The first-order chi connectivity index (χ1) is 7.29. The van der Waals surface area contributed by atoms with Crippen molar-refractivity contribution < 1.29 is 5.11 Å². The van der Waals surface area contributed by atoms with Crippen molar-refractivity contribution >= 4 is 0 Å². The maximum absolute atomic E-state index is 10.2. The molecular formula is C12H18N2O. The van der Waals surface area contributed by atoms with Crippen molar-refractivity contribution in [3.05, 3.63) is 35.9 Å². The summed E-state index contributed by atoms with van der Waals surface area (Å²) in [5, 5.41) is 13.5. The lowest BCUT2D eigenvalue weighted by atomic mass is 10.1. The second-order valence-electron chi connectivity index (χ2n) is 4.08. The molecule has 1 aromatic carbocycles. The highest BCUT2D eigenvalue weighted by molar-refractivity contribution is 5.17. The summed E-state index contributed by atoms with van der Waals surface area (Å²) in [6.07, 6.45) is -0.469. The van der Waals surface area contributed by atoms with Gasteiger partial charge in [-0.15, -0.1) is 0 Å². The van der Waals surface area contributed by atoms with Crippen molar-refractivity contribution in [2.75, 3.05) is 19.6 Å². The zero-order valence-electron chi connectivity index (χ0n) is 9.06. The fourth-order valence-electron chi connectivity index (χ4n) is 2.04. The van der Waals surface area contributed by atoms with E-state index in [0.29, 0.717) is 6.04 Å². The lowest BCUT2D eigenvalue weighted by Crippen LogP contribution is -2.51. The number of benzene rings is 1. The molecule has 2 atom stereocenters. The van der Waals surface area contributed by atoms with E-state index in [1.807, 2.05) is 30.3 Å². The van der Waals surface area contributed by atoms with Crippen LogP contribution in [0.5, 0.6) is 0 Å². The van der Waals surface area contributed by atoms with Gasteiger partial charge in [0.2, 0.25) is 0 Å². The van der Waals surface area contributed by atoms with Crippen LogP contribution < -0.4 is 5.32 Å². The first kappa shape index (κ1) is 10.6. The Kier molecular flexibility index (Phi) is 3.36. The van der Waals surface area contributed by atoms with Crippen LogP contribution >= 0.6 is 0 Å². The van der Waals surface area contributed by atoms with Gasteiger partial charge in [-0.25, -0.2) is 0 Å². The van der Waals surface area contributed by atoms with E-state index in [4.69, 9.17) is 0 Å². The van der Waals surface area contributed by atoms with E-state index in [2.05, 4.69) is 17.1 Å². The minimum Gasteiger partial charge on any atom is -0.374 e. The molecule has 15 heavy (non-hydrogen) atoms. The van der Waals surface area contributed by atoms with Gasteiger partial charge in [0.25, 0.3) is 0 Å². The van der Waals surface area contributed by atoms with Crippen LogP contribution in [0.4, 0.5) is 0 Å². The lowest BCUT2D eigenvalue weighted by Gasteiger charge is -2.37. The molecule has 1 saturated heterocycles. The fraction of sp³-hybridized carbons (Fsp3) is 0.500. The van der Waals surface area contributed by atoms with Gasteiger partial charge >= 0.3 is 0 Å². The summed E-state index contributed by atoms with van der Waals surface area (Å²) >= 11 is 0. The molecule has 2 unspecified atom stereocenters. The minimum atomic E-state index is -0.469. The van der Waals surface area contributed by atoms with Crippen molar-refractivity contribution in [1.29, 1.82) is 0 Å². The van der Waals surface area contributed by atoms with Gasteiger partial charge in [0.15, 0.2) is 0 Å². The predicted molar refractivity (Wildman–Crippen MR) is 60.4 cm³/mol. The van der Waals surface area contributed by atoms with Gasteiger partial charge in [-0.05, 0) is 12.5 Å². The average molecular weight is 206 g/mol. The molecule has 0 saturated carbocycles.